The third-order valence-electron chi connectivity index (χ3n) is 5.33. The summed E-state index contributed by atoms with van der Waals surface area (Å²) in [5.74, 6) is -0.320. The molecule has 1 saturated heterocycles. The highest BCUT2D eigenvalue weighted by molar-refractivity contribution is 7.12. The summed E-state index contributed by atoms with van der Waals surface area (Å²) in [5, 5.41) is 5.88. The van der Waals surface area contributed by atoms with Gasteiger partial charge in [0, 0.05) is 43.7 Å². The summed E-state index contributed by atoms with van der Waals surface area (Å²) in [6, 6.07) is 10.9. The number of aromatic nitrogens is 1. The summed E-state index contributed by atoms with van der Waals surface area (Å²) in [5.41, 5.74) is 2.03. The zero-order valence-electron chi connectivity index (χ0n) is 16.4. The maximum atomic E-state index is 13.2. The Morgan fingerprint density at radius 2 is 2.17 bits per heavy atom. The number of fused-ring (bicyclic) bond motifs is 1. The van der Waals surface area contributed by atoms with Crippen LogP contribution in [0, 0.1) is 0 Å². The maximum Gasteiger partial charge on any atom is 0.262 e. The number of carbonyl (C=O) groups excluding carboxylic acids is 2. The van der Waals surface area contributed by atoms with Crippen LogP contribution in [0.1, 0.15) is 28.1 Å². The molecule has 4 rings (SSSR count). The topological polar surface area (TPSA) is 74.4 Å². The Morgan fingerprint density at radius 1 is 1.31 bits per heavy atom. The van der Waals surface area contributed by atoms with E-state index in [4.69, 9.17) is 4.74 Å². The number of carbonyl (C=O) groups is 2. The average molecular weight is 412 g/mol. The first-order valence-corrected chi connectivity index (χ1v) is 10.8. The molecule has 7 heteroatoms. The van der Waals surface area contributed by atoms with Crippen molar-refractivity contribution in [1.29, 1.82) is 0 Å². The molecule has 2 aromatic heterocycles. The fraction of sp³-hybridized carbons (Fsp3) is 0.364. The largest absolute Gasteiger partial charge is 0.376 e. The minimum absolute atomic E-state index is 0.0747. The fourth-order valence-electron chi connectivity index (χ4n) is 3.81. The summed E-state index contributed by atoms with van der Waals surface area (Å²) >= 11 is 1.37. The summed E-state index contributed by atoms with van der Waals surface area (Å²) < 4.78 is 5.67. The Labute approximate surface area is 173 Å². The van der Waals surface area contributed by atoms with E-state index in [0.717, 1.165) is 35.9 Å². The SMILES string of the molecule is CN(CC1CCCO1)C(=O)C(Cc1c[nH]c2ccccc12)NC(=O)c1cccs1. The molecule has 1 aliphatic heterocycles. The monoisotopic (exact) mass is 411 g/mol. The molecule has 29 heavy (non-hydrogen) atoms. The Kier molecular flexibility index (Phi) is 5.97. The molecule has 0 aliphatic carbocycles. The van der Waals surface area contributed by atoms with Crippen molar-refractivity contribution in [2.24, 2.45) is 0 Å². The molecule has 2 N–H and O–H groups in total. The number of benzene rings is 1. The van der Waals surface area contributed by atoms with Crippen LogP contribution in [0.15, 0.2) is 48.0 Å². The van der Waals surface area contributed by atoms with Crippen molar-refractivity contribution in [3.8, 4) is 0 Å². The van der Waals surface area contributed by atoms with E-state index in [1.807, 2.05) is 41.9 Å². The number of nitrogens with zero attached hydrogens (tertiary/aromatic N) is 1. The second-order valence-electron chi connectivity index (χ2n) is 7.42. The lowest BCUT2D eigenvalue weighted by Crippen LogP contribution is -2.50. The predicted molar refractivity (Wildman–Crippen MR) is 114 cm³/mol. The number of H-pyrrole nitrogens is 1. The molecule has 0 radical (unpaired) electrons. The molecule has 2 unspecified atom stereocenters. The number of hydrogen-bond acceptors (Lipinski definition) is 4. The third kappa shape index (κ3) is 4.52. The van der Waals surface area contributed by atoms with Gasteiger partial charge in [0.2, 0.25) is 5.91 Å². The molecular formula is C22H25N3O3S. The number of aromatic amines is 1. The highest BCUT2D eigenvalue weighted by Crippen LogP contribution is 2.20. The van der Waals surface area contributed by atoms with E-state index in [9.17, 15) is 9.59 Å². The van der Waals surface area contributed by atoms with Crippen LogP contribution in [0.3, 0.4) is 0 Å². The molecule has 1 aromatic carbocycles. The Morgan fingerprint density at radius 3 is 2.93 bits per heavy atom. The normalized spacial score (nSPS) is 17.3. The Hall–Kier alpha value is -2.64. The van der Waals surface area contributed by atoms with Gasteiger partial charge in [0.05, 0.1) is 11.0 Å². The van der Waals surface area contributed by atoms with Gasteiger partial charge in [-0.2, -0.15) is 0 Å². The number of ether oxygens (including phenoxy) is 1. The first-order chi connectivity index (χ1) is 14.1. The lowest BCUT2D eigenvalue weighted by Gasteiger charge is -2.26. The molecule has 1 fully saturated rings. The van der Waals surface area contributed by atoms with Crippen molar-refractivity contribution >= 4 is 34.1 Å². The molecule has 0 spiro atoms. The molecule has 3 heterocycles. The Bertz CT molecular complexity index is 976. The van der Waals surface area contributed by atoms with E-state index in [1.165, 1.54) is 11.3 Å². The molecule has 2 atom stereocenters. The first kappa shape index (κ1) is 19.7. The summed E-state index contributed by atoms with van der Waals surface area (Å²) in [6.45, 7) is 1.29. The molecular weight excluding hydrogens is 386 g/mol. The average Bonchev–Trinajstić information content (AvgIpc) is 3.49. The second kappa shape index (κ2) is 8.80. The number of likely N-dealkylation sites (N-methyl/N-ethyl adjacent to an activating group) is 1. The number of hydrogen-bond donors (Lipinski definition) is 2. The van der Waals surface area contributed by atoms with Gasteiger partial charge in [0.15, 0.2) is 0 Å². The van der Waals surface area contributed by atoms with Crippen LogP contribution in [0.2, 0.25) is 0 Å². The van der Waals surface area contributed by atoms with Crippen molar-refractivity contribution in [2.75, 3.05) is 20.2 Å². The lowest BCUT2D eigenvalue weighted by atomic mass is 10.0. The molecule has 152 valence electrons. The van der Waals surface area contributed by atoms with Crippen molar-refractivity contribution in [3.05, 3.63) is 58.4 Å². The number of thiophene rings is 1. The molecule has 0 bridgehead atoms. The minimum atomic E-state index is -0.643. The van der Waals surface area contributed by atoms with Gasteiger partial charge in [0.1, 0.15) is 6.04 Å². The van der Waals surface area contributed by atoms with E-state index < -0.39 is 6.04 Å². The number of amides is 2. The van der Waals surface area contributed by atoms with Gasteiger partial charge in [-0.3, -0.25) is 9.59 Å². The smallest absolute Gasteiger partial charge is 0.262 e. The summed E-state index contributed by atoms with van der Waals surface area (Å²) in [7, 11) is 1.78. The van der Waals surface area contributed by atoms with Gasteiger partial charge in [0.25, 0.3) is 5.91 Å². The van der Waals surface area contributed by atoms with Gasteiger partial charge < -0.3 is 19.9 Å². The number of nitrogens with one attached hydrogen (secondary N) is 2. The van der Waals surface area contributed by atoms with Gasteiger partial charge in [-0.1, -0.05) is 24.3 Å². The van der Waals surface area contributed by atoms with Crippen LogP contribution >= 0.6 is 11.3 Å². The van der Waals surface area contributed by atoms with Crippen molar-refractivity contribution in [3.63, 3.8) is 0 Å². The third-order valence-corrected chi connectivity index (χ3v) is 6.19. The zero-order chi connectivity index (χ0) is 20.2. The van der Waals surface area contributed by atoms with Crippen LogP contribution < -0.4 is 5.32 Å². The zero-order valence-corrected chi connectivity index (χ0v) is 17.2. The van der Waals surface area contributed by atoms with Crippen LogP contribution in [-0.4, -0.2) is 54.0 Å². The summed E-state index contributed by atoms with van der Waals surface area (Å²) in [6.07, 6.45) is 4.41. The van der Waals surface area contributed by atoms with Crippen LogP contribution in [0.25, 0.3) is 10.9 Å². The number of para-hydroxylation sites is 1. The van der Waals surface area contributed by atoms with Gasteiger partial charge in [-0.15, -0.1) is 11.3 Å². The number of rotatable bonds is 7. The molecule has 1 aliphatic rings. The second-order valence-corrected chi connectivity index (χ2v) is 8.37. The van der Waals surface area contributed by atoms with Crippen LogP contribution in [0.5, 0.6) is 0 Å². The minimum Gasteiger partial charge on any atom is -0.376 e. The van der Waals surface area contributed by atoms with Crippen molar-refractivity contribution < 1.29 is 14.3 Å². The van der Waals surface area contributed by atoms with E-state index in [1.54, 1.807) is 18.0 Å². The van der Waals surface area contributed by atoms with Gasteiger partial charge in [-0.25, -0.2) is 0 Å². The highest BCUT2D eigenvalue weighted by atomic mass is 32.1. The van der Waals surface area contributed by atoms with Crippen LogP contribution in [0.4, 0.5) is 0 Å². The molecule has 6 nitrogen and oxygen atoms in total. The maximum absolute atomic E-state index is 13.2. The highest BCUT2D eigenvalue weighted by Gasteiger charge is 2.28. The molecule has 0 saturated carbocycles. The first-order valence-electron chi connectivity index (χ1n) is 9.88. The van der Waals surface area contributed by atoms with E-state index in [-0.39, 0.29) is 17.9 Å². The fourth-order valence-corrected chi connectivity index (χ4v) is 4.43. The van der Waals surface area contributed by atoms with E-state index >= 15 is 0 Å². The Balaban J connectivity index is 1.54. The van der Waals surface area contributed by atoms with E-state index in [2.05, 4.69) is 10.3 Å². The van der Waals surface area contributed by atoms with Gasteiger partial charge in [-0.05, 0) is 35.9 Å². The van der Waals surface area contributed by atoms with Crippen LogP contribution in [-0.2, 0) is 16.0 Å². The molecule has 3 aromatic rings. The van der Waals surface area contributed by atoms with Crippen molar-refractivity contribution in [2.45, 2.75) is 31.4 Å². The summed E-state index contributed by atoms with van der Waals surface area (Å²) in [4.78, 5) is 31.5. The quantitative estimate of drug-likeness (QED) is 0.627. The van der Waals surface area contributed by atoms with Crippen molar-refractivity contribution in [1.82, 2.24) is 15.2 Å². The van der Waals surface area contributed by atoms with E-state index in [0.29, 0.717) is 17.8 Å². The molecule has 2 amide bonds. The predicted octanol–water partition coefficient (Wildman–Crippen LogP) is 3.21. The standard InChI is InChI=1S/C22H25N3O3S/c1-25(14-16-6-4-10-28-16)22(27)19(24-21(26)20-9-5-11-29-20)12-15-13-23-18-8-3-2-7-17(15)18/h2-3,5,7-9,11,13,16,19,23H,4,6,10,12,14H2,1H3,(H,24,26). The van der Waals surface area contributed by atoms with Gasteiger partial charge >= 0.3 is 0 Å². The lowest BCUT2D eigenvalue weighted by molar-refractivity contribution is -0.133.